The molecule has 0 aromatic carbocycles. The molecular weight excluding hydrogens is 356 g/mol. The molecule has 0 saturated carbocycles. The number of aliphatic hydroxyl groups is 1. The highest BCUT2D eigenvalue weighted by Crippen LogP contribution is 2.25. The first-order valence-electron chi connectivity index (χ1n) is 10.1. The largest absolute Gasteiger partial charge is 0.456 e. The number of cyclic esters (lactones) is 1. The van der Waals surface area contributed by atoms with Crippen LogP contribution >= 0.6 is 0 Å². The number of carbonyl (C=O) groups is 2. The van der Waals surface area contributed by atoms with Crippen molar-refractivity contribution in [2.75, 3.05) is 0 Å². The van der Waals surface area contributed by atoms with Gasteiger partial charge in [0.05, 0.1) is 18.3 Å². The molecule has 0 aromatic heterocycles. The summed E-state index contributed by atoms with van der Waals surface area (Å²) in [5, 5.41) is 9.84. The lowest BCUT2D eigenvalue weighted by atomic mass is 9.92. The number of hydrogen-bond acceptors (Lipinski definition) is 5. The van der Waals surface area contributed by atoms with Crippen LogP contribution in [0.1, 0.15) is 52.4 Å². The van der Waals surface area contributed by atoms with Crippen LogP contribution in [0, 0.1) is 5.92 Å². The standard InChI is InChI=1S/C23H32O5/c1-16-13-17(2)15-21-10-5-8-20(27-21)9-6-12-23(26)28-22(18(3)24)11-4-7-19(25)14-16/h4-8,12,17-18,20-22,24H,1,9-11,13-15H2,2-3H3/b7-4+,12-6-/t17-,18-,20-,21-,22-/m0/s1. The van der Waals surface area contributed by atoms with Crippen molar-refractivity contribution < 1.29 is 24.2 Å². The van der Waals surface area contributed by atoms with Gasteiger partial charge in [0.2, 0.25) is 0 Å². The molecule has 2 heterocycles. The van der Waals surface area contributed by atoms with E-state index in [0.29, 0.717) is 18.8 Å². The third-order valence-electron chi connectivity index (χ3n) is 4.94. The monoisotopic (exact) mass is 388 g/mol. The van der Waals surface area contributed by atoms with E-state index in [9.17, 15) is 14.7 Å². The van der Waals surface area contributed by atoms with Gasteiger partial charge in [0, 0.05) is 18.9 Å². The van der Waals surface area contributed by atoms with Crippen LogP contribution < -0.4 is 0 Å². The van der Waals surface area contributed by atoms with Crippen molar-refractivity contribution in [2.45, 2.75) is 76.8 Å². The molecule has 0 radical (unpaired) electrons. The zero-order chi connectivity index (χ0) is 20.5. The van der Waals surface area contributed by atoms with Gasteiger partial charge in [-0.3, -0.25) is 4.79 Å². The van der Waals surface area contributed by atoms with Crippen molar-refractivity contribution in [3.8, 4) is 0 Å². The minimum Gasteiger partial charge on any atom is -0.456 e. The fourth-order valence-corrected chi connectivity index (χ4v) is 3.58. The molecule has 2 rings (SSSR count). The zero-order valence-corrected chi connectivity index (χ0v) is 16.9. The smallest absolute Gasteiger partial charge is 0.330 e. The van der Waals surface area contributed by atoms with E-state index in [1.54, 1.807) is 19.1 Å². The highest BCUT2D eigenvalue weighted by molar-refractivity contribution is 5.91. The van der Waals surface area contributed by atoms with E-state index in [-0.39, 0.29) is 24.4 Å². The van der Waals surface area contributed by atoms with Gasteiger partial charge in [0.25, 0.3) is 0 Å². The van der Waals surface area contributed by atoms with Gasteiger partial charge in [-0.05, 0) is 44.6 Å². The molecule has 5 heteroatoms. The Bertz CT molecular complexity index is 643. The maximum absolute atomic E-state index is 12.1. The van der Waals surface area contributed by atoms with Crippen molar-refractivity contribution in [3.05, 3.63) is 48.6 Å². The first-order chi connectivity index (χ1) is 13.3. The SMILES string of the molecule is C=C1CC(=O)/C=C/C[C@@H]([C@H](C)O)OC(=O)/C=C\C[C@@H]2C=CC[C@@H](C[C@@H](C)C1)O2. The molecule has 0 amide bonds. The van der Waals surface area contributed by atoms with Crippen molar-refractivity contribution >= 4 is 11.8 Å². The topological polar surface area (TPSA) is 72.8 Å². The molecule has 0 saturated heterocycles. The highest BCUT2D eigenvalue weighted by atomic mass is 16.6. The van der Waals surface area contributed by atoms with Crippen LogP contribution in [0.15, 0.2) is 48.6 Å². The van der Waals surface area contributed by atoms with E-state index in [4.69, 9.17) is 9.47 Å². The molecular formula is C23H32O5. The van der Waals surface area contributed by atoms with Crippen LogP contribution in [0.2, 0.25) is 0 Å². The summed E-state index contributed by atoms with van der Waals surface area (Å²) in [6, 6.07) is 0. The van der Waals surface area contributed by atoms with Crippen LogP contribution in [0.25, 0.3) is 0 Å². The summed E-state index contributed by atoms with van der Waals surface area (Å²) >= 11 is 0. The first kappa shape index (κ1) is 22.3. The highest BCUT2D eigenvalue weighted by Gasteiger charge is 2.21. The second kappa shape index (κ2) is 11.1. The fraction of sp³-hybridized carbons (Fsp3) is 0.565. The molecule has 0 fully saturated rings. The van der Waals surface area contributed by atoms with Gasteiger partial charge in [0.1, 0.15) is 6.10 Å². The maximum Gasteiger partial charge on any atom is 0.330 e. The van der Waals surface area contributed by atoms with Crippen LogP contribution in [-0.2, 0) is 19.1 Å². The molecule has 2 aliphatic heterocycles. The number of ketones is 1. The van der Waals surface area contributed by atoms with E-state index in [2.05, 4.69) is 19.6 Å². The second-order valence-corrected chi connectivity index (χ2v) is 7.89. The summed E-state index contributed by atoms with van der Waals surface area (Å²) in [5.74, 6) is -0.165. The average Bonchev–Trinajstić information content (AvgIpc) is 2.60. The average molecular weight is 389 g/mol. The normalized spacial score (nSPS) is 34.0. The molecule has 154 valence electrons. The minimum absolute atomic E-state index is 0.0363. The Hall–Kier alpha value is -1.98. The van der Waals surface area contributed by atoms with Gasteiger partial charge in [-0.1, -0.05) is 43.4 Å². The van der Waals surface area contributed by atoms with Gasteiger partial charge < -0.3 is 14.6 Å². The van der Waals surface area contributed by atoms with Crippen molar-refractivity contribution in [1.82, 2.24) is 0 Å². The van der Waals surface area contributed by atoms with Crippen LogP contribution in [0.4, 0.5) is 0 Å². The second-order valence-electron chi connectivity index (χ2n) is 7.89. The summed E-state index contributed by atoms with van der Waals surface area (Å²) in [6.45, 7) is 7.77. The fourth-order valence-electron chi connectivity index (χ4n) is 3.58. The van der Waals surface area contributed by atoms with Gasteiger partial charge in [-0.2, -0.15) is 0 Å². The number of carbonyl (C=O) groups excluding carboxylic acids is 2. The quantitative estimate of drug-likeness (QED) is 0.546. The predicted molar refractivity (Wildman–Crippen MR) is 109 cm³/mol. The number of allylic oxidation sites excluding steroid dienone is 2. The molecule has 0 unspecified atom stereocenters. The van der Waals surface area contributed by atoms with Crippen LogP contribution in [0.3, 0.4) is 0 Å². The predicted octanol–water partition coefficient (Wildman–Crippen LogP) is 3.83. The number of hydrogen-bond donors (Lipinski definition) is 1. The number of rotatable bonds is 1. The summed E-state index contributed by atoms with van der Waals surface area (Å²) in [4.78, 5) is 24.2. The molecule has 28 heavy (non-hydrogen) atoms. The third kappa shape index (κ3) is 7.95. The molecule has 0 spiro atoms. The Morgan fingerprint density at radius 2 is 1.89 bits per heavy atom. The molecule has 5 nitrogen and oxygen atoms in total. The number of fused-ring (bicyclic) bond motifs is 2. The first-order valence-corrected chi connectivity index (χ1v) is 10.1. The van der Waals surface area contributed by atoms with Crippen LogP contribution in [0.5, 0.6) is 0 Å². The molecule has 5 atom stereocenters. The molecule has 0 aromatic rings. The minimum atomic E-state index is -0.830. The maximum atomic E-state index is 12.1. The lowest BCUT2D eigenvalue weighted by Gasteiger charge is -2.28. The van der Waals surface area contributed by atoms with Crippen molar-refractivity contribution in [2.24, 2.45) is 5.92 Å². The summed E-state index contributed by atoms with van der Waals surface area (Å²) in [5.41, 5.74) is 0.910. The van der Waals surface area contributed by atoms with Gasteiger partial charge >= 0.3 is 5.97 Å². The zero-order valence-electron chi connectivity index (χ0n) is 16.9. The lowest BCUT2D eigenvalue weighted by Crippen LogP contribution is -2.28. The van der Waals surface area contributed by atoms with E-state index in [1.807, 2.05) is 6.08 Å². The Morgan fingerprint density at radius 3 is 2.64 bits per heavy atom. The van der Waals surface area contributed by atoms with E-state index in [0.717, 1.165) is 24.8 Å². The Morgan fingerprint density at radius 1 is 1.14 bits per heavy atom. The Kier molecular flexibility index (Phi) is 8.87. The van der Waals surface area contributed by atoms with E-state index >= 15 is 0 Å². The molecule has 2 bridgehead atoms. The van der Waals surface area contributed by atoms with Crippen LogP contribution in [-0.4, -0.2) is 41.3 Å². The summed E-state index contributed by atoms with van der Waals surface area (Å²) < 4.78 is 11.4. The van der Waals surface area contributed by atoms with Gasteiger partial charge in [-0.25, -0.2) is 4.79 Å². The Balaban J connectivity index is 2.10. The van der Waals surface area contributed by atoms with E-state index < -0.39 is 18.2 Å². The molecule has 1 N–H and O–H groups in total. The number of aliphatic hydroxyl groups excluding tert-OH is 1. The van der Waals surface area contributed by atoms with E-state index in [1.165, 1.54) is 12.2 Å². The Labute approximate surface area is 167 Å². The van der Waals surface area contributed by atoms with Crippen molar-refractivity contribution in [3.63, 3.8) is 0 Å². The summed E-state index contributed by atoms with van der Waals surface area (Å²) in [6.07, 6.45) is 12.7. The summed E-state index contributed by atoms with van der Waals surface area (Å²) in [7, 11) is 0. The number of ether oxygens (including phenoxy) is 2. The molecule has 2 aliphatic rings. The number of esters is 1. The molecule has 0 aliphatic carbocycles. The van der Waals surface area contributed by atoms with Gasteiger partial charge in [-0.15, -0.1) is 0 Å². The van der Waals surface area contributed by atoms with Crippen molar-refractivity contribution in [1.29, 1.82) is 0 Å². The van der Waals surface area contributed by atoms with Gasteiger partial charge in [0.15, 0.2) is 5.78 Å². The third-order valence-corrected chi connectivity index (χ3v) is 4.94. The lowest BCUT2D eigenvalue weighted by molar-refractivity contribution is -0.148.